The summed E-state index contributed by atoms with van der Waals surface area (Å²) in [5.41, 5.74) is 0. The minimum Gasteiger partial charge on any atom is -0.392 e. The number of nitrogens with one attached hydrogen (secondary N) is 1. The quantitative estimate of drug-likeness (QED) is 0.0388. The Kier molecular flexibility index (Phi) is 21.9. The molecule has 0 heterocycles. The third-order valence-corrected chi connectivity index (χ3v) is 9.11. The van der Waals surface area contributed by atoms with Crippen molar-refractivity contribution < 1.29 is 59.0 Å². The van der Waals surface area contributed by atoms with Gasteiger partial charge in [-0.15, -0.1) is 0 Å². The summed E-state index contributed by atoms with van der Waals surface area (Å²) >= 11 is 0. The van der Waals surface area contributed by atoms with Gasteiger partial charge in [-0.1, -0.05) is 96.6 Å². The Hall–Kier alpha value is -0.960. The lowest BCUT2D eigenvalue weighted by atomic mass is 9.85. The third-order valence-electron chi connectivity index (χ3n) is 8.13. The van der Waals surface area contributed by atoms with Crippen molar-refractivity contribution in [3.8, 4) is 0 Å². The molecule has 45 heavy (non-hydrogen) atoms. The number of amides is 1. The molecule has 0 radical (unpaired) electrons. The van der Waals surface area contributed by atoms with E-state index in [0.29, 0.717) is 6.42 Å². The van der Waals surface area contributed by atoms with E-state index in [0.717, 1.165) is 57.8 Å². The van der Waals surface area contributed by atoms with Crippen LogP contribution in [0.5, 0.6) is 0 Å². The van der Waals surface area contributed by atoms with Crippen LogP contribution in [0, 0.1) is 0 Å². The maximum atomic E-state index is 12.7. The Morgan fingerprint density at radius 1 is 0.778 bits per heavy atom. The van der Waals surface area contributed by atoms with Crippen molar-refractivity contribution in [3.63, 3.8) is 0 Å². The summed E-state index contributed by atoms with van der Waals surface area (Å²) in [4.78, 5) is 23.0. The third kappa shape index (κ3) is 17.1. The number of aliphatic hydroxyl groups excluding tert-OH is 7. The standard InChI is InChI=1S/C31H60NO12P/c1-3-5-7-9-11-13-15-17-19-24(34)23(32-25(35)20-22(33)18-16-14-12-10-8-6-4-2)21-43-45(41,42)44-31-29(39)27(37)26(36)28(38)30(31)40/h14,16,22-24,26-31,33-34,36-40H,3-13,15,17-21H2,1-2H3,(H,32,35)(H,41,42)/b16-14-. The molecule has 1 aliphatic carbocycles. The minimum atomic E-state index is -5.10. The van der Waals surface area contributed by atoms with Crippen LogP contribution in [0.25, 0.3) is 0 Å². The van der Waals surface area contributed by atoms with E-state index in [4.69, 9.17) is 9.05 Å². The topological polar surface area (TPSA) is 226 Å². The Morgan fingerprint density at radius 2 is 1.29 bits per heavy atom. The molecule has 1 amide bonds. The summed E-state index contributed by atoms with van der Waals surface area (Å²) in [5, 5.41) is 73.5. The molecule has 0 aromatic carbocycles. The van der Waals surface area contributed by atoms with Crippen LogP contribution in [-0.4, -0.2) is 108 Å². The first-order valence-electron chi connectivity index (χ1n) is 16.7. The first kappa shape index (κ1) is 42.1. The lowest BCUT2D eigenvalue weighted by Gasteiger charge is -2.41. The summed E-state index contributed by atoms with van der Waals surface area (Å²) in [6.45, 7) is 3.59. The SMILES string of the molecule is CCCCCC/C=C\CC(O)CC(=O)NC(COP(=O)(O)OC1C(O)C(O)C(O)C(O)C1O)C(O)CCCCCCCCCC. The van der Waals surface area contributed by atoms with Crippen molar-refractivity contribution in [2.75, 3.05) is 6.61 Å². The first-order chi connectivity index (χ1) is 21.3. The van der Waals surface area contributed by atoms with Crippen LogP contribution in [-0.2, 0) is 18.4 Å². The molecule has 1 rings (SSSR count). The Morgan fingerprint density at radius 3 is 1.87 bits per heavy atom. The Balaban J connectivity index is 2.75. The second-order valence-electron chi connectivity index (χ2n) is 12.2. The van der Waals surface area contributed by atoms with Crippen molar-refractivity contribution in [3.05, 3.63) is 12.2 Å². The molecule has 1 aliphatic rings. The molecule has 9 N–H and O–H groups in total. The second-order valence-corrected chi connectivity index (χ2v) is 13.6. The van der Waals surface area contributed by atoms with E-state index < -0.39 is 75.2 Å². The van der Waals surface area contributed by atoms with Gasteiger partial charge < -0.3 is 46.0 Å². The van der Waals surface area contributed by atoms with Crippen molar-refractivity contribution in [2.24, 2.45) is 0 Å². The van der Waals surface area contributed by atoms with Crippen molar-refractivity contribution >= 4 is 13.7 Å². The van der Waals surface area contributed by atoms with E-state index in [2.05, 4.69) is 19.2 Å². The highest BCUT2D eigenvalue weighted by molar-refractivity contribution is 7.47. The largest absolute Gasteiger partial charge is 0.472 e. The molecule has 0 aliphatic heterocycles. The normalized spacial score (nSPS) is 27.2. The Bertz CT molecular complexity index is 848. The fourth-order valence-corrected chi connectivity index (χ4v) is 6.21. The maximum Gasteiger partial charge on any atom is 0.472 e. The predicted molar refractivity (Wildman–Crippen MR) is 169 cm³/mol. The smallest absolute Gasteiger partial charge is 0.392 e. The van der Waals surface area contributed by atoms with E-state index in [1.165, 1.54) is 19.3 Å². The van der Waals surface area contributed by atoms with Crippen molar-refractivity contribution in [2.45, 2.75) is 171 Å². The zero-order valence-corrected chi connectivity index (χ0v) is 27.9. The average Bonchev–Trinajstić information content (AvgIpc) is 3.00. The molecule has 0 spiro atoms. The fourth-order valence-electron chi connectivity index (χ4n) is 5.24. The fraction of sp³-hybridized carbons (Fsp3) is 0.903. The minimum absolute atomic E-state index is 0.263. The van der Waals surface area contributed by atoms with Gasteiger partial charge in [-0.25, -0.2) is 4.57 Å². The van der Waals surface area contributed by atoms with Gasteiger partial charge in [-0.05, 0) is 25.7 Å². The number of unbranched alkanes of at least 4 members (excludes halogenated alkanes) is 11. The summed E-state index contributed by atoms with van der Waals surface area (Å²) in [6, 6.07) is -1.16. The van der Waals surface area contributed by atoms with Gasteiger partial charge in [0.1, 0.15) is 36.6 Å². The second kappa shape index (κ2) is 23.4. The number of aliphatic hydroxyl groups is 7. The van der Waals surface area contributed by atoms with Gasteiger partial charge in [0.2, 0.25) is 5.91 Å². The van der Waals surface area contributed by atoms with Crippen LogP contribution in [0.15, 0.2) is 12.2 Å². The van der Waals surface area contributed by atoms with E-state index in [1.54, 1.807) is 0 Å². The maximum absolute atomic E-state index is 12.7. The van der Waals surface area contributed by atoms with Crippen LogP contribution in [0.1, 0.15) is 117 Å². The predicted octanol–water partition coefficient (Wildman–Crippen LogP) is 2.35. The van der Waals surface area contributed by atoms with Crippen molar-refractivity contribution in [1.29, 1.82) is 0 Å². The number of carbonyl (C=O) groups is 1. The van der Waals surface area contributed by atoms with Crippen LogP contribution in [0.3, 0.4) is 0 Å². The highest BCUT2D eigenvalue weighted by Crippen LogP contribution is 2.47. The number of hydrogen-bond donors (Lipinski definition) is 9. The van der Waals surface area contributed by atoms with Crippen LogP contribution in [0.4, 0.5) is 0 Å². The zero-order valence-electron chi connectivity index (χ0n) is 27.0. The molecule has 8 unspecified atom stereocenters. The number of phosphoric ester groups is 1. The number of allylic oxidation sites excluding steroid dienone is 1. The molecule has 0 saturated heterocycles. The lowest BCUT2D eigenvalue weighted by Crippen LogP contribution is -2.64. The average molecular weight is 670 g/mol. The molecule has 13 nitrogen and oxygen atoms in total. The monoisotopic (exact) mass is 669 g/mol. The number of carbonyl (C=O) groups excluding carboxylic acids is 1. The summed E-state index contributed by atoms with van der Waals surface area (Å²) in [5.74, 6) is -0.602. The highest BCUT2D eigenvalue weighted by Gasteiger charge is 2.51. The summed E-state index contributed by atoms with van der Waals surface area (Å²) in [7, 11) is -5.10. The molecular formula is C31H60NO12P. The molecule has 266 valence electrons. The summed E-state index contributed by atoms with van der Waals surface area (Å²) in [6.07, 6.45) is 3.62. The molecule has 0 bridgehead atoms. The van der Waals surface area contributed by atoms with E-state index in [-0.39, 0.29) is 19.3 Å². The van der Waals surface area contributed by atoms with Gasteiger partial charge in [-0.3, -0.25) is 13.8 Å². The zero-order chi connectivity index (χ0) is 33.8. The van der Waals surface area contributed by atoms with E-state index >= 15 is 0 Å². The van der Waals surface area contributed by atoms with Gasteiger partial charge in [0.15, 0.2) is 0 Å². The highest BCUT2D eigenvalue weighted by atomic mass is 31.2. The van der Waals surface area contributed by atoms with Gasteiger partial charge in [0, 0.05) is 0 Å². The molecular weight excluding hydrogens is 609 g/mol. The van der Waals surface area contributed by atoms with Gasteiger partial charge in [-0.2, -0.15) is 0 Å². The molecule has 8 atom stereocenters. The summed E-state index contributed by atoms with van der Waals surface area (Å²) < 4.78 is 22.6. The Labute approximate surface area is 268 Å². The molecule has 14 heteroatoms. The van der Waals surface area contributed by atoms with Gasteiger partial charge >= 0.3 is 7.82 Å². The van der Waals surface area contributed by atoms with Crippen molar-refractivity contribution in [1.82, 2.24) is 5.32 Å². The van der Waals surface area contributed by atoms with E-state index in [1.807, 2.05) is 12.2 Å². The number of phosphoric acid groups is 1. The number of hydrogen-bond acceptors (Lipinski definition) is 11. The number of rotatable bonds is 25. The molecule has 1 saturated carbocycles. The van der Waals surface area contributed by atoms with Gasteiger partial charge in [0.25, 0.3) is 0 Å². The van der Waals surface area contributed by atoms with Crippen LogP contribution >= 0.6 is 7.82 Å². The first-order valence-corrected chi connectivity index (χ1v) is 18.2. The molecule has 0 aromatic rings. The van der Waals surface area contributed by atoms with Gasteiger partial charge in [0.05, 0.1) is 31.3 Å². The van der Waals surface area contributed by atoms with Crippen LogP contribution in [0.2, 0.25) is 0 Å². The molecule has 1 fully saturated rings. The van der Waals surface area contributed by atoms with E-state index in [9.17, 15) is 50.0 Å². The lowest BCUT2D eigenvalue weighted by molar-refractivity contribution is -0.220. The molecule has 0 aromatic heterocycles. The van der Waals surface area contributed by atoms with Crippen LogP contribution < -0.4 is 5.32 Å².